The van der Waals surface area contributed by atoms with Crippen LogP contribution in [-0.2, 0) is 20.9 Å². The number of aliphatic carboxylic acids is 2. The summed E-state index contributed by atoms with van der Waals surface area (Å²) in [7, 11) is 0. The van der Waals surface area contributed by atoms with E-state index in [2.05, 4.69) is 20.4 Å². The third-order valence-corrected chi connectivity index (χ3v) is 2.18. The van der Waals surface area contributed by atoms with Crippen molar-refractivity contribution in [2.24, 2.45) is 15.9 Å². The molecular weight excluding hydrogens is 312 g/mol. The van der Waals surface area contributed by atoms with Crippen molar-refractivity contribution in [3.05, 3.63) is 6.20 Å². The summed E-state index contributed by atoms with van der Waals surface area (Å²) in [5.74, 6) is 3.17. The number of hydrazone groups is 1. The highest BCUT2D eigenvalue weighted by molar-refractivity contribution is 6.31. The number of hydrogen-bond acceptors (Lipinski definition) is 9. The minimum absolute atomic E-state index is 0.0364. The molecule has 1 aromatic heterocycles. The summed E-state index contributed by atoms with van der Waals surface area (Å²) in [5.41, 5.74) is 0.277. The van der Waals surface area contributed by atoms with Crippen molar-refractivity contribution in [3.63, 3.8) is 0 Å². The second-order valence-corrected chi connectivity index (χ2v) is 4.03. The summed E-state index contributed by atoms with van der Waals surface area (Å²) in [5, 5.41) is 27.6. The van der Waals surface area contributed by atoms with Gasteiger partial charge in [-0.1, -0.05) is 10.3 Å². The van der Waals surface area contributed by atoms with E-state index in [0.717, 1.165) is 4.68 Å². The fraction of sp³-hybridized carbons (Fsp3) is 0.455. The Morgan fingerprint density at radius 3 is 2.78 bits per heavy atom. The van der Waals surface area contributed by atoms with Crippen LogP contribution in [0.2, 0.25) is 0 Å². The van der Waals surface area contributed by atoms with Gasteiger partial charge in [-0.15, -0.1) is 0 Å². The lowest BCUT2D eigenvalue weighted by atomic mass is 10.4. The Balaban J connectivity index is 2.21. The molecule has 0 saturated heterocycles. The highest BCUT2D eigenvalue weighted by Crippen LogP contribution is 2.02. The van der Waals surface area contributed by atoms with Gasteiger partial charge in [0, 0.05) is 6.21 Å². The molecule has 1 rings (SSSR count). The maximum Gasteiger partial charge on any atom is 0.325 e. The third-order valence-electron chi connectivity index (χ3n) is 2.18. The van der Waals surface area contributed by atoms with Crippen LogP contribution in [0.3, 0.4) is 0 Å². The molecule has 0 radical (unpaired) electrons. The van der Waals surface area contributed by atoms with Gasteiger partial charge in [0.05, 0.1) is 19.4 Å². The van der Waals surface area contributed by atoms with E-state index < -0.39 is 11.9 Å². The van der Waals surface area contributed by atoms with Crippen LogP contribution in [-0.4, -0.2) is 75.4 Å². The molecule has 4 N–H and O–H groups in total. The number of ether oxygens (including phenoxy) is 2. The van der Waals surface area contributed by atoms with E-state index in [1.165, 1.54) is 12.4 Å². The van der Waals surface area contributed by atoms with Crippen molar-refractivity contribution in [2.45, 2.75) is 6.54 Å². The molecule has 126 valence electrons. The maximum absolute atomic E-state index is 10.5. The van der Waals surface area contributed by atoms with Crippen LogP contribution < -0.4 is 10.6 Å². The van der Waals surface area contributed by atoms with Gasteiger partial charge in [0.1, 0.15) is 25.4 Å². The Kier molecular flexibility index (Phi) is 7.71. The number of carbonyl (C=O) groups is 2. The maximum atomic E-state index is 10.5. The molecule has 1 aromatic rings. The molecule has 0 aromatic carbocycles. The predicted octanol–water partition coefficient (Wildman–Crippen LogP) is -1.77. The third kappa shape index (κ3) is 8.11. The van der Waals surface area contributed by atoms with Crippen LogP contribution in [0.25, 0.3) is 0 Å². The van der Waals surface area contributed by atoms with Crippen molar-refractivity contribution < 1.29 is 29.3 Å². The number of rotatable bonds is 11. The van der Waals surface area contributed by atoms with Gasteiger partial charge in [-0.25, -0.2) is 4.68 Å². The standard InChI is InChI=1S/C11H16N6O6/c12-14-8(3-13-4-10(18)19)7-22-1-2-23-9-5-17(16-15-9)6-11(20)21/h3,5H,1-2,4,6-7,12H2,(H,18,19)(H,20,21). The number of hydrogen-bond donors (Lipinski definition) is 3. The summed E-state index contributed by atoms with van der Waals surface area (Å²) in [6, 6.07) is 0. The van der Waals surface area contributed by atoms with Gasteiger partial charge in [0.2, 0.25) is 0 Å². The lowest BCUT2D eigenvalue weighted by molar-refractivity contribution is -0.138. The molecule has 12 nitrogen and oxygen atoms in total. The monoisotopic (exact) mass is 328 g/mol. The summed E-state index contributed by atoms with van der Waals surface area (Å²) in [4.78, 5) is 24.4. The van der Waals surface area contributed by atoms with E-state index >= 15 is 0 Å². The number of carboxylic acid groups (broad SMARTS) is 2. The molecule has 1 heterocycles. The van der Waals surface area contributed by atoms with Crippen LogP contribution in [0, 0.1) is 0 Å². The topological polar surface area (TPSA) is 175 Å². The molecule has 0 aliphatic carbocycles. The first-order valence-electron chi connectivity index (χ1n) is 6.32. The van der Waals surface area contributed by atoms with Gasteiger partial charge in [-0.2, -0.15) is 5.10 Å². The SMILES string of the molecule is NN=C(C=NCC(=O)O)COCCOc1cn(CC(=O)O)nn1. The minimum Gasteiger partial charge on any atom is -0.480 e. The molecule has 0 aliphatic heterocycles. The highest BCUT2D eigenvalue weighted by atomic mass is 16.5. The fourth-order valence-corrected chi connectivity index (χ4v) is 1.28. The van der Waals surface area contributed by atoms with Gasteiger partial charge in [0.15, 0.2) is 0 Å². The summed E-state index contributed by atoms with van der Waals surface area (Å²) in [6.45, 7) is -0.324. The Labute approximate surface area is 130 Å². The Bertz CT molecular complexity index is 583. The number of carboxylic acids is 2. The van der Waals surface area contributed by atoms with Crippen molar-refractivity contribution in [3.8, 4) is 5.88 Å². The zero-order chi connectivity index (χ0) is 17.1. The molecule has 0 amide bonds. The number of nitrogens with two attached hydrogens (primary N) is 1. The first-order valence-corrected chi connectivity index (χ1v) is 6.32. The van der Waals surface area contributed by atoms with Gasteiger partial charge in [-0.3, -0.25) is 14.6 Å². The second-order valence-electron chi connectivity index (χ2n) is 4.03. The van der Waals surface area contributed by atoms with Crippen molar-refractivity contribution in [1.82, 2.24) is 15.0 Å². The van der Waals surface area contributed by atoms with Crippen LogP contribution in [0.1, 0.15) is 0 Å². The molecule has 0 saturated carbocycles. The molecule has 12 heteroatoms. The summed E-state index contributed by atoms with van der Waals surface area (Å²) >= 11 is 0. The minimum atomic E-state index is -1.07. The highest BCUT2D eigenvalue weighted by Gasteiger charge is 2.05. The Morgan fingerprint density at radius 2 is 2.13 bits per heavy atom. The zero-order valence-electron chi connectivity index (χ0n) is 12.0. The van der Waals surface area contributed by atoms with Gasteiger partial charge in [-0.05, 0) is 0 Å². The summed E-state index contributed by atoms with van der Waals surface area (Å²) < 4.78 is 11.5. The fourth-order valence-electron chi connectivity index (χ4n) is 1.28. The van der Waals surface area contributed by atoms with Gasteiger partial charge in [0.25, 0.3) is 5.88 Å². The van der Waals surface area contributed by atoms with Crippen LogP contribution in [0.4, 0.5) is 0 Å². The first-order chi connectivity index (χ1) is 11.0. The Hall–Kier alpha value is -3.02. The lowest BCUT2D eigenvalue weighted by Crippen LogP contribution is -2.16. The average Bonchev–Trinajstić information content (AvgIpc) is 2.91. The number of aliphatic imine (C=N–C) groups is 1. The number of nitrogens with zero attached hydrogens (tertiary/aromatic N) is 5. The molecule has 0 fully saturated rings. The first kappa shape index (κ1) is 18.0. The van der Waals surface area contributed by atoms with Crippen LogP contribution in [0.15, 0.2) is 16.3 Å². The lowest BCUT2D eigenvalue weighted by Gasteiger charge is -2.04. The van der Waals surface area contributed by atoms with Crippen LogP contribution in [0.5, 0.6) is 5.88 Å². The zero-order valence-corrected chi connectivity index (χ0v) is 12.0. The van der Waals surface area contributed by atoms with E-state index in [4.69, 9.17) is 25.5 Å². The van der Waals surface area contributed by atoms with Crippen molar-refractivity contribution in [1.29, 1.82) is 0 Å². The van der Waals surface area contributed by atoms with Gasteiger partial charge >= 0.3 is 11.9 Å². The second kappa shape index (κ2) is 9.83. The largest absolute Gasteiger partial charge is 0.480 e. The van der Waals surface area contributed by atoms with E-state index in [0.29, 0.717) is 0 Å². The van der Waals surface area contributed by atoms with E-state index in [-0.39, 0.29) is 44.5 Å². The summed E-state index contributed by atoms with van der Waals surface area (Å²) in [6.07, 6.45) is 2.56. The molecule has 0 aliphatic rings. The molecule has 23 heavy (non-hydrogen) atoms. The van der Waals surface area contributed by atoms with Crippen molar-refractivity contribution >= 4 is 23.9 Å². The van der Waals surface area contributed by atoms with Crippen LogP contribution >= 0.6 is 0 Å². The molecule has 0 unspecified atom stereocenters. The quantitative estimate of drug-likeness (QED) is 0.184. The molecule has 0 spiro atoms. The Morgan fingerprint density at radius 1 is 1.35 bits per heavy atom. The molecule has 0 bridgehead atoms. The van der Waals surface area contributed by atoms with E-state index in [1.807, 2.05) is 0 Å². The van der Waals surface area contributed by atoms with E-state index in [1.54, 1.807) is 0 Å². The average molecular weight is 328 g/mol. The smallest absolute Gasteiger partial charge is 0.325 e. The predicted molar refractivity (Wildman–Crippen MR) is 76.6 cm³/mol. The van der Waals surface area contributed by atoms with Crippen molar-refractivity contribution in [2.75, 3.05) is 26.4 Å². The molecular formula is C11H16N6O6. The van der Waals surface area contributed by atoms with E-state index in [9.17, 15) is 9.59 Å². The normalized spacial score (nSPS) is 11.7. The van der Waals surface area contributed by atoms with Gasteiger partial charge < -0.3 is 25.5 Å². The molecule has 0 atom stereocenters. The number of aromatic nitrogens is 3.